The minimum absolute atomic E-state index is 0.729. The molecule has 0 heterocycles. The molecule has 0 aliphatic carbocycles. The topological polar surface area (TPSA) is 69.6 Å². The van der Waals surface area contributed by atoms with Crippen molar-refractivity contribution in [3.05, 3.63) is 46.0 Å². The first-order chi connectivity index (χ1) is 5.35. The molecule has 0 aliphatic rings. The average Bonchev–Trinajstić information content (AvgIpc) is 2.08. The van der Waals surface area contributed by atoms with Gasteiger partial charge >= 0.3 is 0 Å². The zero-order chi connectivity index (χ0) is 8.53. The zero-order valence-electron chi connectivity index (χ0n) is 5.64. The Morgan fingerprint density at radius 2 is 1.73 bits per heavy atom. The highest BCUT2D eigenvalue weighted by atomic mass is 16.6. The third-order valence-corrected chi connectivity index (χ3v) is 0.936. The summed E-state index contributed by atoms with van der Waals surface area (Å²) in [5, 5.41) is 9.00. The highest BCUT2D eigenvalue weighted by Crippen LogP contribution is 1.91. The van der Waals surface area contributed by atoms with Gasteiger partial charge in [-0.2, -0.15) is 0 Å². The molecule has 0 bridgehead atoms. The lowest BCUT2D eigenvalue weighted by Crippen LogP contribution is -1.73. The third kappa shape index (κ3) is 4.77. The van der Waals surface area contributed by atoms with E-state index in [0.29, 0.717) is 0 Å². The van der Waals surface area contributed by atoms with Crippen LogP contribution in [0.2, 0.25) is 0 Å². The number of aldehydes is 1. The summed E-state index contributed by atoms with van der Waals surface area (Å²) in [6.45, 7) is 0. The van der Waals surface area contributed by atoms with E-state index in [1.165, 1.54) is 0 Å². The quantitative estimate of drug-likeness (QED) is 0.349. The normalized spacial score (nSPS) is 7.27. The van der Waals surface area contributed by atoms with Gasteiger partial charge in [-0.1, -0.05) is 30.3 Å². The third-order valence-electron chi connectivity index (χ3n) is 0.936. The molecular weight excluding hydrogens is 146 g/mol. The van der Waals surface area contributed by atoms with Crippen molar-refractivity contribution in [2.75, 3.05) is 0 Å². The molecule has 4 heteroatoms. The van der Waals surface area contributed by atoms with Crippen LogP contribution in [0.1, 0.15) is 10.4 Å². The van der Waals surface area contributed by atoms with Crippen molar-refractivity contribution in [2.24, 2.45) is 5.34 Å². The smallest absolute Gasteiger partial charge is 0.150 e. The van der Waals surface area contributed by atoms with E-state index in [-0.39, 0.29) is 0 Å². The standard InChI is InChI=1S/C7H6O.HNO2/c8-6-7-4-2-1-3-5-7;2-1-3/h1-6H;(H,2,3)/p-1. The van der Waals surface area contributed by atoms with Crippen molar-refractivity contribution in [3.8, 4) is 0 Å². The Kier molecular flexibility index (Phi) is 5.41. The second-order valence-corrected chi connectivity index (χ2v) is 1.60. The Labute approximate surface area is 63.4 Å². The molecule has 0 saturated heterocycles. The Balaban J connectivity index is 0.000000292. The van der Waals surface area contributed by atoms with Crippen molar-refractivity contribution in [1.82, 2.24) is 0 Å². The molecule has 4 nitrogen and oxygen atoms in total. The van der Waals surface area contributed by atoms with Gasteiger partial charge in [0, 0.05) is 5.56 Å². The molecule has 0 radical (unpaired) electrons. The summed E-state index contributed by atoms with van der Waals surface area (Å²) in [5.41, 5.74) is 0.729. The van der Waals surface area contributed by atoms with Crippen LogP contribution in [0.25, 0.3) is 0 Å². The van der Waals surface area contributed by atoms with Crippen molar-refractivity contribution < 1.29 is 4.79 Å². The minimum atomic E-state index is 0.729. The van der Waals surface area contributed by atoms with Gasteiger partial charge in [-0.25, -0.2) is 0 Å². The fourth-order valence-corrected chi connectivity index (χ4v) is 0.532. The van der Waals surface area contributed by atoms with Crippen molar-refractivity contribution in [1.29, 1.82) is 0 Å². The molecule has 0 aliphatic heterocycles. The molecule has 1 rings (SSSR count). The lowest BCUT2D eigenvalue weighted by atomic mass is 10.2. The van der Waals surface area contributed by atoms with Crippen LogP contribution < -0.4 is 0 Å². The number of benzene rings is 1. The second-order valence-electron chi connectivity index (χ2n) is 1.60. The molecule has 58 valence electrons. The highest BCUT2D eigenvalue weighted by molar-refractivity contribution is 5.74. The fourth-order valence-electron chi connectivity index (χ4n) is 0.532. The van der Waals surface area contributed by atoms with E-state index < -0.39 is 0 Å². The molecule has 0 amide bonds. The van der Waals surface area contributed by atoms with Crippen LogP contribution in [0.3, 0.4) is 0 Å². The van der Waals surface area contributed by atoms with E-state index in [1.807, 2.05) is 18.2 Å². The molecule has 0 spiro atoms. The van der Waals surface area contributed by atoms with E-state index >= 15 is 0 Å². The van der Waals surface area contributed by atoms with Gasteiger partial charge < -0.3 is 10.1 Å². The minimum Gasteiger partial charge on any atom is -0.444 e. The number of carbonyl (C=O) groups is 1. The predicted octanol–water partition coefficient (Wildman–Crippen LogP) is 1.75. The Bertz CT molecular complexity index is 210. The molecule has 0 fully saturated rings. The van der Waals surface area contributed by atoms with E-state index in [4.69, 9.17) is 10.1 Å². The van der Waals surface area contributed by atoms with E-state index in [1.54, 1.807) is 12.1 Å². The van der Waals surface area contributed by atoms with Gasteiger partial charge in [-0.3, -0.25) is 4.79 Å². The lowest BCUT2D eigenvalue weighted by Gasteiger charge is -1.81. The van der Waals surface area contributed by atoms with Crippen LogP contribution >= 0.6 is 0 Å². The first-order valence-electron chi connectivity index (χ1n) is 2.80. The van der Waals surface area contributed by atoms with Crippen LogP contribution in [-0.4, -0.2) is 6.29 Å². The van der Waals surface area contributed by atoms with E-state index in [2.05, 4.69) is 0 Å². The Morgan fingerprint density at radius 1 is 1.27 bits per heavy atom. The van der Waals surface area contributed by atoms with Crippen LogP contribution in [0, 0.1) is 10.1 Å². The largest absolute Gasteiger partial charge is 0.444 e. The number of nitrogens with zero attached hydrogens (tertiary/aromatic N) is 1. The molecule has 11 heavy (non-hydrogen) atoms. The van der Waals surface area contributed by atoms with Crippen molar-refractivity contribution in [3.63, 3.8) is 0 Å². The SMILES string of the molecule is O=Cc1ccccc1.O=N[O-]. The number of rotatable bonds is 1. The molecule has 0 unspecified atom stereocenters. The lowest BCUT2D eigenvalue weighted by molar-refractivity contribution is 0.112. The summed E-state index contributed by atoms with van der Waals surface area (Å²) in [5.74, 6) is 0. The van der Waals surface area contributed by atoms with Crippen LogP contribution in [0.4, 0.5) is 0 Å². The molecular formula is C7H6NO3-. The van der Waals surface area contributed by atoms with Gasteiger partial charge in [0.25, 0.3) is 0 Å². The molecule has 0 saturated carbocycles. The number of hydrogen-bond acceptors (Lipinski definition) is 4. The maximum absolute atomic E-state index is 10.0. The fraction of sp³-hybridized carbons (Fsp3) is 0. The number of hydrogen-bond donors (Lipinski definition) is 0. The summed E-state index contributed by atoms with van der Waals surface area (Å²) in [7, 11) is 0. The van der Waals surface area contributed by atoms with Gasteiger partial charge in [0.05, 0.1) is 0 Å². The maximum Gasteiger partial charge on any atom is 0.150 e. The molecule has 0 aromatic heterocycles. The van der Waals surface area contributed by atoms with Gasteiger partial charge in [0.1, 0.15) is 6.29 Å². The average molecular weight is 152 g/mol. The van der Waals surface area contributed by atoms with Gasteiger partial charge in [0.2, 0.25) is 0 Å². The van der Waals surface area contributed by atoms with Gasteiger partial charge in [-0.05, 0) is 0 Å². The molecule has 0 atom stereocenters. The number of carbonyl (C=O) groups excluding carboxylic acids is 1. The Morgan fingerprint density at radius 3 is 2.00 bits per heavy atom. The molecule has 0 N–H and O–H groups in total. The molecule has 1 aromatic carbocycles. The monoisotopic (exact) mass is 152 g/mol. The van der Waals surface area contributed by atoms with Crippen molar-refractivity contribution >= 4 is 6.29 Å². The summed E-state index contributed by atoms with van der Waals surface area (Å²) in [6.07, 6.45) is 0.833. The van der Waals surface area contributed by atoms with E-state index in [0.717, 1.165) is 17.2 Å². The predicted molar refractivity (Wildman–Crippen MR) is 41.0 cm³/mol. The van der Waals surface area contributed by atoms with Gasteiger partial charge in [-0.15, -0.1) is 5.34 Å². The van der Waals surface area contributed by atoms with Crippen LogP contribution in [-0.2, 0) is 0 Å². The summed E-state index contributed by atoms with van der Waals surface area (Å²) in [4.78, 5) is 18.0. The maximum atomic E-state index is 10.0. The second kappa shape index (κ2) is 6.41. The highest BCUT2D eigenvalue weighted by Gasteiger charge is 1.79. The van der Waals surface area contributed by atoms with Gasteiger partial charge in [0.15, 0.2) is 0 Å². The first kappa shape index (κ1) is 9.29. The summed E-state index contributed by atoms with van der Waals surface area (Å²) in [6, 6.07) is 9.10. The van der Waals surface area contributed by atoms with Crippen LogP contribution in [0.5, 0.6) is 0 Å². The zero-order valence-corrected chi connectivity index (χ0v) is 5.64. The first-order valence-corrected chi connectivity index (χ1v) is 2.80. The van der Waals surface area contributed by atoms with E-state index in [9.17, 15) is 4.79 Å². The van der Waals surface area contributed by atoms with Crippen molar-refractivity contribution in [2.45, 2.75) is 0 Å². The summed E-state index contributed by atoms with van der Waals surface area (Å²) < 4.78 is 0. The summed E-state index contributed by atoms with van der Waals surface area (Å²) >= 11 is 0. The van der Waals surface area contributed by atoms with Crippen LogP contribution in [0.15, 0.2) is 35.7 Å². The molecule has 1 aromatic rings. The Hall–Kier alpha value is -1.71.